The van der Waals surface area contributed by atoms with Gasteiger partial charge < -0.3 is 16.0 Å². The van der Waals surface area contributed by atoms with E-state index >= 15 is 0 Å². The minimum atomic E-state index is -1.32. The Bertz CT molecular complexity index is 1100. The van der Waals surface area contributed by atoms with Crippen LogP contribution < -0.4 is 16.0 Å². The van der Waals surface area contributed by atoms with Gasteiger partial charge in [0.05, 0.1) is 15.6 Å². The molecule has 3 aromatic rings. The highest BCUT2D eigenvalue weighted by molar-refractivity contribution is 7.15. The Labute approximate surface area is 181 Å². The fourth-order valence-electron chi connectivity index (χ4n) is 3.62. The number of rotatable bonds is 4. The van der Waals surface area contributed by atoms with Crippen LogP contribution in [0.5, 0.6) is 0 Å². The molecule has 4 rings (SSSR count). The molecule has 2 heterocycles. The molecule has 2 atom stereocenters. The summed E-state index contributed by atoms with van der Waals surface area (Å²) in [5.41, 5.74) is 0.918. The lowest BCUT2D eigenvalue weighted by Gasteiger charge is -2.26. The van der Waals surface area contributed by atoms with Crippen molar-refractivity contribution in [3.8, 4) is 10.4 Å². The molecular weight excluding hydrogens is 425 g/mol. The highest BCUT2D eigenvalue weighted by Gasteiger charge is 2.22. The summed E-state index contributed by atoms with van der Waals surface area (Å²) in [7, 11) is 0. The van der Waals surface area contributed by atoms with E-state index in [9.17, 15) is 18.0 Å². The number of urea groups is 1. The van der Waals surface area contributed by atoms with Crippen molar-refractivity contribution in [3.63, 3.8) is 0 Å². The molecule has 0 spiro atoms. The van der Waals surface area contributed by atoms with Crippen LogP contribution in [0.1, 0.15) is 30.7 Å². The Morgan fingerprint density at radius 1 is 1.13 bits per heavy atom. The molecule has 1 aromatic heterocycles. The van der Waals surface area contributed by atoms with E-state index in [0.29, 0.717) is 29.8 Å². The maximum atomic E-state index is 13.7. The molecular formula is C22H21F3N4OS. The van der Waals surface area contributed by atoms with Gasteiger partial charge in [-0.2, -0.15) is 0 Å². The van der Waals surface area contributed by atoms with E-state index in [1.54, 1.807) is 29.5 Å². The second-order valence-electron chi connectivity index (χ2n) is 7.55. The third-order valence-corrected chi connectivity index (χ3v) is 6.37. The molecule has 162 valence electrons. The van der Waals surface area contributed by atoms with Gasteiger partial charge in [-0.1, -0.05) is 12.1 Å². The second kappa shape index (κ2) is 9.07. The standard InChI is InChI=1S/C22H21F3N4OS/c1-12-7-14(5-6-26-12)21-27-11-20(31-21)13-3-2-4-15(8-13)28-22(30)29-19-10-17(24)16(23)9-18(19)25/h2-4,8-12,14,26H,5-7H2,1H3,(H2,28,29,30). The Morgan fingerprint density at radius 3 is 2.74 bits per heavy atom. The predicted octanol–water partition coefficient (Wildman–Crippen LogP) is 5.73. The van der Waals surface area contributed by atoms with Gasteiger partial charge in [0.1, 0.15) is 5.82 Å². The largest absolute Gasteiger partial charge is 0.323 e. The molecule has 2 amide bonds. The predicted molar refractivity (Wildman–Crippen MR) is 116 cm³/mol. The number of thiazole rings is 1. The zero-order valence-electron chi connectivity index (χ0n) is 16.7. The molecule has 1 aliphatic heterocycles. The highest BCUT2D eigenvalue weighted by atomic mass is 32.1. The van der Waals surface area contributed by atoms with Crippen molar-refractivity contribution in [1.82, 2.24) is 10.3 Å². The van der Waals surface area contributed by atoms with E-state index in [0.717, 1.165) is 34.8 Å². The first-order chi connectivity index (χ1) is 14.9. The van der Waals surface area contributed by atoms with Gasteiger partial charge in [-0.05, 0) is 44.0 Å². The van der Waals surface area contributed by atoms with Gasteiger partial charge in [0, 0.05) is 36.0 Å². The Balaban J connectivity index is 1.45. The van der Waals surface area contributed by atoms with Crippen LogP contribution in [0.3, 0.4) is 0 Å². The average molecular weight is 446 g/mol. The van der Waals surface area contributed by atoms with Crippen LogP contribution in [-0.2, 0) is 0 Å². The number of nitrogens with one attached hydrogen (secondary N) is 3. The van der Waals surface area contributed by atoms with Crippen LogP contribution in [0.2, 0.25) is 0 Å². The lowest BCUT2D eigenvalue weighted by molar-refractivity contribution is 0.262. The summed E-state index contributed by atoms with van der Waals surface area (Å²) < 4.78 is 40.1. The first kappa shape index (κ1) is 21.3. The molecule has 9 heteroatoms. The number of amides is 2. The summed E-state index contributed by atoms with van der Waals surface area (Å²) in [6, 6.07) is 7.85. The topological polar surface area (TPSA) is 66.0 Å². The molecule has 0 aliphatic carbocycles. The van der Waals surface area contributed by atoms with Gasteiger partial charge >= 0.3 is 6.03 Å². The third kappa shape index (κ3) is 5.05. The number of benzene rings is 2. The number of anilines is 2. The van der Waals surface area contributed by atoms with Crippen molar-refractivity contribution in [3.05, 3.63) is 65.1 Å². The van der Waals surface area contributed by atoms with Crippen molar-refractivity contribution < 1.29 is 18.0 Å². The van der Waals surface area contributed by atoms with Crippen molar-refractivity contribution in [2.75, 3.05) is 17.2 Å². The summed E-state index contributed by atoms with van der Waals surface area (Å²) in [6.07, 6.45) is 3.94. The maximum Gasteiger partial charge on any atom is 0.323 e. The monoisotopic (exact) mass is 446 g/mol. The van der Waals surface area contributed by atoms with Crippen LogP contribution in [0.25, 0.3) is 10.4 Å². The molecule has 0 saturated carbocycles. The molecule has 3 N–H and O–H groups in total. The normalized spacial score (nSPS) is 18.6. The number of hydrogen-bond acceptors (Lipinski definition) is 4. The van der Waals surface area contributed by atoms with Gasteiger partial charge in [0.15, 0.2) is 11.6 Å². The quantitative estimate of drug-likeness (QED) is 0.449. The van der Waals surface area contributed by atoms with Gasteiger partial charge in [0.25, 0.3) is 0 Å². The molecule has 2 aromatic carbocycles. The molecule has 0 radical (unpaired) electrons. The van der Waals surface area contributed by atoms with Gasteiger partial charge in [0.2, 0.25) is 0 Å². The van der Waals surface area contributed by atoms with Gasteiger partial charge in [-0.3, -0.25) is 0 Å². The highest BCUT2D eigenvalue weighted by Crippen LogP contribution is 2.35. The van der Waals surface area contributed by atoms with Crippen molar-refractivity contribution in [1.29, 1.82) is 0 Å². The summed E-state index contributed by atoms with van der Waals surface area (Å²) in [5, 5.41) is 9.32. The summed E-state index contributed by atoms with van der Waals surface area (Å²) in [5.74, 6) is -3.19. The smallest absolute Gasteiger partial charge is 0.314 e. The molecule has 0 bridgehead atoms. The lowest BCUT2D eigenvalue weighted by atomic mass is 9.94. The van der Waals surface area contributed by atoms with E-state index in [1.165, 1.54) is 0 Å². The van der Waals surface area contributed by atoms with E-state index in [-0.39, 0.29) is 0 Å². The number of piperidine rings is 1. The Morgan fingerprint density at radius 2 is 1.94 bits per heavy atom. The number of halogens is 3. The lowest BCUT2D eigenvalue weighted by Crippen LogP contribution is -2.34. The van der Waals surface area contributed by atoms with E-state index in [4.69, 9.17) is 0 Å². The van der Waals surface area contributed by atoms with Crippen LogP contribution in [0.4, 0.5) is 29.3 Å². The average Bonchev–Trinajstić information content (AvgIpc) is 3.23. The summed E-state index contributed by atoms with van der Waals surface area (Å²) in [4.78, 5) is 17.8. The van der Waals surface area contributed by atoms with Crippen LogP contribution >= 0.6 is 11.3 Å². The SMILES string of the molecule is CC1CC(c2ncc(-c3cccc(NC(=O)Nc4cc(F)c(F)cc4F)c3)s2)CCN1. The van der Waals surface area contributed by atoms with Gasteiger partial charge in [-0.25, -0.2) is 22.9 Å². The van der Waals surface area contributed by atoms with E-state index in [1.807, 2.05) is 12.3 Å². The van der Waals surface area contributed by atoms with Crippen LogP contribution in [0, 0.1) is 17.5 Å². The number of nitrogens with zero attached hydrogens (tertiary/aromatic N) is 1. The van der Waals surface area contributed by atoms with Crippen molar-refractivity contribution >= 4 is 28.7 Å². The van der Waals surface area contributed by atoms with Gasteiger partial charge in [-0.15, -0.1) is 11.3 Å². The molecule has 1 saturated heterocycles. The van der Waals surface area contributed by atoms with Crippen molar-refractivity contribution in [2.24, 2.45) is 0 Å². The van der Waals surface area contributed by atoms with Crippen LogP contribution in [0.15, 0.2) is 42.6 Å². The maximum absolute atomic E-state index is 13.7. The first-order valence-electron chi connectivity index (χ1n) is 9.91. The fourth-order valence-corrected chi connectivity index (χ4v) is 4.68. The zero-order valence-corrected chi connectivity index (χ0v) is 17.5. The summed E-state index contributed by atoms with van der Waals surface area (Å²) in [6.45, 7) is 3.15. The van der Waals surface area contributed by atoms with E-state index in [2.05, 4.69) is 27.9 Å². The fraction of sp³-hybridized carbons (Fsp3) is 0.273. The Hall–Kier alpha value is -2.91. The molecule has 1 fully saturated rings. The number of aromatic nitrogens is 1. The number of hydrogen-bond donors (Lipinski definition) is 3. The number of carbonyl (C=O) groups excluding carboxylic acids is 1. The van der Waals surface area contributed by atoms with Crippen LogP contribution in [-0.4, -0.2) is 23.6 Å². The second-order valence-corrected chi connectivity index (χ2v) is 8.61. The summed E-state index contributed by atoms with van der Waals surface area (Å²) >= 11 is 1.64. The van der Waals surface area contributed by atoms with Crippen molar-refractivity contribution in [2.45, 2.75) is 31.7 Å². The van der Waals surface area contributed by atoms with E-state index < -0.39 is 29.2 Å². The zero-order chi connectivity index (χ0) is 22.0. The third-order valence-electron chi connectivity index (χ3n) is 5.16. The molecule has 5 nitrogen and oxygen atoms in total. The molecule has 1 aliphatic rings. The minimum absolute atomic E-state index is 0.385. The molecule has 2 unspecified atom stereocenters. The number of carbonyl (C=O) groups is 1. The molecule has 31 heavy (non-hydrogen) atoms. The minimum Gasteiger partial charge on any atom is -0.314 e. The Kier molecular flexibility index (Phi) is 6.24. The first-order valence-corrected chi connectivity index (χ1v) is 10.7.